The zero-order valence-electron chi connectivity index (χ0n) is 11.7. The molecular formula is C12H28N4O3+2. The maximum Gasteiger partial charge on any atom is 0.220 e. The van der Waals surface area contributed by atoms with Gasteiger partial charge in [-0.2, -0.15) is 0 Å². The molecule has 7 heteroatoms. The smallest absolute Gasteiger partial charge is 0.220 e. The molecule has 0 aromatic carbocycles. The summed E-state index contributed by atoms with van der Waals surface area (Å²) in [4.78, 5) is 21.8. The van der Waals surface area contributed by atoms with E-state index >= 15 is 0 Å². The number of amides is 1. The maximum atomic E-state index is 11.4. The molecule has 0 radical (unpaired) electrons. The lowest BCUT2D eigenvalue weighted by molar-refractivity contribution is -0.657. The first-order valence-electron chi connectivity index (χ1n) is 6.99. The Morgan fingerprint density at radius 1 is 1.21 bits per heavy atom. The van der Waals surface area contributed by atoms with E-state index in [1.807, 2.05) is 0 Å². The molecule has 1 amide bonds. The zero-order chi connectivity index (χ0) is 14.5. The van der Waals surface area contributed by atoms with Gasteiger partial charge in [-0.3, -0.25) is 4.79 Å². The fourth-order valence-corrected chi connectivity index (χ4v) is 1.59. The fourth-order valence-electron chi connectivity index (χ4n) is 1.59. The molecule has 1 atom stereocenters. The predicted molar refractivity (Wildman–Crippen MR) is 67.2 cm³/mol. The van der Waals surface area contributed by atoms with E-state index in [1.165, 1.54) is 0 Å². The number of nitrogens with two attached hydrogens (primary N) is 1. The predicted octanol–water partition coefficient (Wildman–Crippen LogP) is -4.78. The van der Waals surface area contributed by atoms with Gasteiger partial charge in [-0.15, -0.1) is 0 Å². The molecule has 0 fully saturated rings. The minimum absolute atomic E-state index is 0.115. The molecule has 0 rings (SSSR count). The standard InChI is InChI=1S/C12H26N4O3/c13-6-3-8-15-7-1-2-9-16-11(17)5-4-10(14)12(18)19/h10,15H,1-9,13-14H2,(H,16,17)(H,18,19)/p+2/t10-/m0/s1. The van der Waals surface area contributed by atoms with Crippen LogP contribution in [-0.4, -0.2) is 44.1 Å². The lowest BCUT2D eigenvalue weighted by Crippen LogP contribution is -2.84. The number of carboxylic acid groups (broad SMARTS) is 1. The molecule has 7 nitrogen and oxygen atoms in total. The summed E-state index contributed by atoms with van der Waals surface area (Å²) in [6.45, 7) is 3.81. The molecule has 0 unspecified atom stereocenters. The van der Waals surface area contributed by atoms with Crippen LogP contribution in [0, 0.1) is 0 Å². The highest BCUT2D eigenvalue weighted by atomic mass is 16.4. The second-order valence-electron chi connectivity index (χ2n) is 4.68. The molecule has 19 heavy (non-hydrogen) atoms. The van der Waals surface area contributed by atoms with Gasteiger partial charge in [0, 0.05) is 25.8 Å². The van der Waals surface area contributed by atoms with Crippen molar-refractivity contribution in [2.75, 3.05) is 26.2 Å². The fraction of sp³-hybridized carbons (Fsp3) is 0.833. The van der Waals surface area contributed by atoms with Gasteiger partial charge in [0.05, 0.1) is 25.6 Å². The van der Waals surface area contributed by atoms with E-state index in [-0.39, 0.29) is 18.7 Å². The van der Waals surface area contributed by atoms with Crippen molar-refractivity contribution in [3.63, 3.8) is 0 Å². The van der Waals surface area contributed by atoms with E-state index in [0.29, 0.717) is 6.54 Å². The van der Waals surface area contributed by atoms with Gasteiger partial charge < -0.3 is 32.0 Å². The molecule has 0 aliphatic rings. The van der Waals surface area contributed by atoms with Crippen LogP contribution in [0.25, 0.3) is 0 Å². The molecule has 0 heterocycles. The molecule has 112 valence electrons. The zero-order valence-corrected chi connectivity index (χ0v) is 11.7. The number of quaternary nitrogens is 3. The average Bonchev–Trinajstić information content (AvgIpc) is 2.38. The Bertz CT molecular complexity index is 261. The topological polar surface area (TPSA) is 141 Å². The lowest BCUT2D eigenvalue weighted by atomic mass is 10.1. The summed E-state index contributed by atoms with van der Waals surface area (Å²) < 4.78 is 0. The Labute approximate surface area is 114 Å². The summed E-state index contributed by atoms with van der Waals surface area (Å²) in [5.74, 6) is -1.32. The highest BCUT2D eigenvalue weighted by Gasteiger charge is 2.10. The first-order chi connectivity index (χ1) is 9.07. The normalized spacial score (nSPS) is 12.1. The molecular weight excluding hydrogens is 248 g/mol. The molecule has 0 aliphatic carbocycles. The SMILES string of the molecule is [NH3+]CCC[NH2+]CCCCNC(=O)CC[C@H]([NH3+])C(=O)[O-]. The Hall–Kier alpha value is -1.18. The Morgan fingerprint density at radius 2 is 1.89 bits per heavy atom. The Kier molecular flexibility index (Phi) is 11.1. The molecule has 0 bridgehead atoms. The summed E-state index contributed by atoms with van der Waals surface area (Å²) >= 11 is 0. The second kappa shape index (κ2) is 11.9. The van der Waals surface area contributed by atoms with Crippen molar-refractivity contribution in [1.82, 2.24) is 5.32 Å². The number of aliphatic carboxylic acids is 1. The number of carboxylic acids is 1. The number of hydrogen-bond donors (Lipinski definition) is 4. The number of unbranched alkanes of at least 4 members (excludes halogenated alkanes) is 1. The third-order valence-corrected chi connectivity index (χ3v) is 2.87. The number of rotatable bonds is 12. The summed E-state index contributed by atoms with van der Waals surface area (Å²) in [7, 11) is 0. The van der Waals surface area contributed by atoms with Gasteiger partial charge in [-0.05, 0) is 12.8 Å². The molecule has 9 N–H and O–H groups in total. The van der Waals surface area contributed by atoms with Crippen molar-refractivity contribution in [1.29, 1.82) is 0 Å². The first-order valence-corrected chi connectivity index (χ1v) is 6.99. The van der Waals surface area contributed by atoms with Crippen LogP contribution in [0.2, 0.25) is 0 Å². The highest BCUT2D eigenvalue weighted by molar-refractivity contribution is 5.77. The average molecular weight is 276 g/mol. The van der Waals surface area contributed by atoms with Crippen molar-refractivity contribution in [2.24, 2.45) is 0 Å². The van der Waals surface area contributed by atoms with Crippen LogP contribution in [0.4, 0.5) is 0 Å². The van der Waals surface area contributed by atoms with Crippen molar-refractivity contribution in [3.05, 3.63) is 0 Å². The Morgan fingerprint density at radius 3 is 2.53 bits per heavy atom. The maximum absolute atomic E-state index is 11.4. The third-order valence-electron chi connectivity index (χ3n) is 2.87. The molecule has 0 aromatic heterocycles. The third kappa shape index (κ3) is 11.6. The van der Waals surface area contributed by atoms with Crippen LogP contribution in [-0.2, 0) is 9.59 Å². The minimum Gasteiger partial charge on any atom is -0.544 e. The molecule has 0 aromatic rings. The van der Waals surface area contributed by atoms with Crippen LogP contribution in [0.5, 0.6) is 0 Å². The summed E-state index contributed by atoms with van der Waals surface area (Å²) in [5, 5.41) is 15.4. The molecule has 0 saturated carbocycles. The number of carbonyl (C=O) groups is 2. The van der Waals surface area contributed by atoms with E-state index in [4.69, 9.17) is 0 Å². The first kappa shape index (κ1) is 17.8. The van der Waals surface area contributed by atoms with Crippen LogP contribution in [0.1, 0.15) is 32.1 Å². The van der Waals surface area contributed by atoms with Gasteiger partial charge in [0.2, 0.25) is 5.91 Å². The quantitative estimate of drug-likeness (QED) is 0.266. The van der Waals surface area contributed by atoms with Crippen LogP contribution < -0.4 is 27.2 Å². The van der Waals surface area contributed by atoms with Gasteiger partial charge >= 0.3 is 0 Å². The van der Waals surface area contributed by atoms with Gasteiger partial charge in [-0.1, -0.05) is 0 Å². The van der Waals surface area contributed by atoms with E-state index in [9.17, 15) is 14.7 Å². The van der Waals surface area contributed by atoms with E-state index in [1.54, 1.807) is 0 Å². The van der Waals surface area contributed by atoms with Gasteiger partial charge in [0.15, 0.2) is 0 Å². The van der Waals surface area contributed by atoms with Crippen molar-refractivity contribution in [3.8, 4) is 0 Å². The van der Waals surface area contributed by atoms with Gasteiger partial charge in [-0.25, -0.2) is 0 Å². The van der Waals surface area contributed by atoms with Crippen LogP contribution in [0.15, 0.2) is 0 Å². The minimum atomic E-state index is -1.20. The summed E-state index contributed by atoms with van der Waals surface area (Å²) in [6, 6.07) is -0.812. The summed E-state index contributed by atoms with van der Waals surface area (Å²) in [5.41, 5.74) is 7.18. The summed E-state index contributed by atoms with van der Waals surface area (Å²) in [6.07, 6.45) is 3.57. The van der Waals surface area contributed by atoms with Crippen molar-refractivity contribution in [2.45, 2.75) is 38.1 Å². The number of nitrogens with one attached hydrogen (secondary N) is 1. The van der Waals surface area contributed by atoms with Crippen LogP contribution in [0.3, 0.4) is 0 Å². The van der Waals surface area contributed by atoms with Gasteiger partial charge in [0.25, 0.3) is 0 Å². The molecule has 0 aliphatic heterocycles. The number of hydrogen-bond acceptors (Lipinski definition) is 3. The monoisotopic (exact) mass is 276 g/mol. The van der Waals surface area contributed by atoms with Crippen LogP contribution >= 0.6 is 0 Å². The number of carbonyl (C=O) groups excluding carboxylic acids is 2. The Balaban J connectivity index is 3.32. The van der Waals surface area contributed by atoms with Gasteiger partial charge in [0.1, 0.15) is 6.04 Å². The van der Waals surface area contributed by atoms with E-state index < -0.39 is 12.0 Å². The van der Waals surface area contributed by atoms with E-state index in [0.717, 1.165) is 38.9 Å². The lowest BCUT2D eigenvalue weighted by Gasteiger charge is -2.09. The van der Waals surface area contributed by atoms with Crippen molar-refractivity contribution < 1.29 is 31.5 Å². The molecule has 0 spiro atoms. The molecule has 0 saturated heterocycles. The van der Waals surface area contributed by atoms with E-state index in [2.05, 4.69) is 22.1 Å². The second-order valence-corrected chi connectivity index (χ2v) is 4.68. The van der Waals surface area contributed by atoms with Crippen molar-refractivity contribution >= 4 is 11.9 Å². The highest BCUT2D eigenvalue weighted by Crippen LogP contribution is 1.92. The largest absolute Gasteiger partial charge is 0.544 e.